The van der Waals surface area contributed by atoms with Crippen LogP contribution < -0.4 is 14.8 Å². The number of sulfonamides is 1. The van der Waals surface area contributed by atoms with Gasteiger partial charge in [-0.1, -0.05) is 30.3 Å². The molecule has 8 rings (SSSR count). The lowest BCUT2D eigenvalue weighted by Crippen LogP contribution is -2.59. The molecule has 13 heteroatoms. The lowest BCUT2D eigenvalue weighted by molar-refractivity contribution is -0.133. The fourth-order valence-electron chi connectivity index (χ4n) is 8.60. The molecule has 1 aromatic heterocycles. The number of halogens is 1. The van der Waals surface area contributed by atoms with Crippen molar-refractivity contribution in [3.05, 3.63) is 54.3 Å². The molecular weight excluding hydrogens is 635 g/mol. The Morgan fingerprint density at radius 3 is 2.46 bits per heavy atom. The zero-order valence-corrected chi connectivity index (χ0v) is 27.6. The van der Waals surface area contributed by atoms with Crippen LogP contribution in [0.1, 0.15) is 45.4 Å². The quantitative estimate of drug-likeness (QED) is 0.296. The molecule has 4 aromatic rings. The van der Waals surface area contributed by atoms with Gasteiger partial charge in [0.2, 0.25) is 15.9 Å². The minimum absolute atomic E-state index is 0.0344. The summed E-state index contributed by atoms with van der Waals surface area (Å²) in [6, 6.07) is 13.8. The van der Waals surface area contributed by atoms with Gasteiger partial charge in [0, 0.05) is 36.1 Å². The number of aromatic hydroxyl groups is 1. The number of benzene rings is 3. The summed E-state index contributed by atoms with van der Waals surface area (Å²) in [4.78, 5) is 29.1. The van der Waals surface area contributed by atoms with E-state index in [1.54, 1.807) is 23.1 Å². The van der Waals surface area contributed by atoms with Crippen molar-refractivity contribution in [3.8, 4) is 22.9 Å². The maximum absolute atomic E-state index is 16.9. The first-order valence-corrected chi connectivity index (χ1v) is 18.3. The van der Waals surface area contributed by atoms with Gasteiger partial charge in [-0.25, -0.2) is 17.9 Å². The highest BCUT2D eigenvalue weighted by Gasteiger charge is 2.47. The number of hydrogen-bond donors (Lipinski definition) is 2. The Hall–Kier alpha value is -4.07. The standard InChI is InChI=1S/C35H39FN6O5S/c1-21(48(37,45)46)33(44)42-23-8-9-24(42)19-40(18-23)32-28-11-10-27(29-17-25(43)16-22-6-2-3-7-26(22)29)30(36)31(28)38-34(39-32)47-20-35-12-4-14-41(35)15-5-13-35/h2-3,6-7,10-11,16-17,21,23-24,43H,4-5,8-9,12-15,18-20H2,1H3,(H2,37,45,46). The van der Waals surface area contributed by atoms with Gasteiger partial charge in [-0.05, 0) is 93.1 Å². The Morgan fingerprint density at radius 1 is 1.04 bits per heavy atom. The van der Waals surface area contributed by atoms with Gasteiger partial charge in [-0.3, -0.25) is 9.69 Å². The topological polar surface area (TPSA) is 142 Å². The van der Waals surface area contributed by atoms with Crippen molar-refractivity contribution < 1.29 is 27.4 Å². The molecule has 3 unspecified atom stereocenters. The number of amides is 1. The number of piperazine rings is 1. The molecule has 5 heterocycles. The summed E-state index contributed by atoms with van der Waals surface area (Å²) in [6.07, 6.45) is 5.70. The summed E-state index contributed by atoms with van der Waals surface area (Å²) < 4.78 is 47.3. The number of nitrogens with zero attached hydrogens (tertiary/aromatic N) is 5. The maximum Gasteiger partial charge on any atom is 0.319 e. The Kier molecular flexibility index (Phi) is 7.49. The highest BCUT2D eigenvalue weighted by Crippen LogP contribution is 2.42. The first-order valence-electron chi connectivity index (χ1n) is 16.7. The predicted octanol–water partition coefficient (Wildman–Crippen LogP) is 4.16. The number of carbonyl (C=O) groups is 1. The van der Waals surface area contributed by atoms with Gasteiger partial charge in [0.1, 0.15) is 23.7 Å². The molecule has 252 valence electrons. The van der Waals surface area contributed by atoms with Crippen LogP contribution in [0.4, 0.5) is 10.2 Å². The lowest BCUT2D eigenvalue weighted by atomic mass is 9.95. The number of anilines is 1. The summed E-state index contributed by atoms with van der Waals surface area (Å²) in [5.41, 5.74) is 0.896. The Bertz CT molecular complexity index is 2040. The van der Waals surface area contributed by atoms with Gasteiger partial charge in [0.25, 0.3) is 0 Å². The SMILES string of the molecule is CC(C(=O)N1C2CCC1CN(c1nc(OCC34CCCN3CCC4)nc3c(F)c(-c4cc(O)cc5ccccc45)ccc13)C2)S(N)(=O)=O. The average Bonchev–Trinajstić information content (AvgIpc) is 3.72. The largest absolute Gasteiger partial charge is 0.508 e. The monoisotopic (exact) mass is 674 g/mol. The Morgan fingerprint density at radius 2 is 1.75 bits per heavy atom. The van der Waals surface area contributed by atoms with E-state index in [1.807, 2.05) is 35.2 Å². The van der Waals surface area contributed by atoms with E-state index in [4.69, 9.17) is 14.9 Å². The smallest absolute Gasteiger partial charge is 0.319 e. The van der Waals surface area contributed by atoms with E-state index in [0.717, 1.165) is 49.5 Å². The molecule has 3 N–H and O–H groups in total. The van der Waals surface area contributed by atoms with Gasteiger partial charge < -0.3 is 19.6 Å². The molecule has 11 nitrogen and oxygen atoms in total. The molecule has 4 aliphatic heterocycles. The molecule has 1 amide bonds. The average molecular weight is 675 g/mol. The molecule has 3 atom stereocenters. The van der Waals surface area contributed by atoms with Crippen LogP contribution in [0.3, 0.4) is 0 Å². The van der Waals surface area contributed by atoms with Crippen molar-refractivity contribution >= 4 is 43.4 Å². The minimum Gasteiger partial charge on any atom is -0.508 e. The summed E-state index contributed by atoms with van der Waals surface area (Å²) in [7, 11) is -4.04. The van der Waals surface area contributed by atoms with Gasteiger partial charge in [0.05, 0.1) is 5.54 Å². The highest BCUT2D eigenvalue weighted by atomic mass is 32.2. The van der Waals surface area contributed by atoms with E-state index in [2.05, 4.69) is 9.88 Å². The van der Waals surface area contributed by atoms with Crippen LogP contribution in [-0.2, 0) is 14.8 Å². The minimum atomic E-state index is -4.04. The Balaban J connectivity index is 1.20. The zero-order valence-electron chi connectivity index (χ0n) is 26.8. The second-order valence-corrected chi connectivity index (χ2v) is 15.7. The number of nitrogens with two attached hydrogens (primary N) is 1. The highest BCUT2D eigenvalue weighted by molar-refractivity contribution is 7.90. The molecule has 4 saturated heterocycles. The molecule has 0 aliphatic carbocycles. The Labute approximate surface area is 278 Å². The lowest BCUT2D eigenvalue weighted by Gasteiger charge is -2.42. The number of rotatable bonds is 7. The molecule has 48 heavy (non-hydrogen) atoms. The molecule has 3 aromatic carbocycles. The number of fused-ring (bicyclic) bond motifs is 5. The number of phenolic OH excluding ortho intramolecular Hbond substituents is 1. The van der Waals surface area contributed by atoms with Gasteiger partial charge in [-0.15, -0.1) is 0 Å². The second-order valence-electron chi connectivity index (χ2n) is 13.8. The van der Waals surface area contributed by atoms with Crippen LogP contribution >= 0.6 is 0 Å². The summed E-state index contributed by atoms with van der Waals surface area (Å²) in [5, 5.41) is 16.6. The molecule has 0 spiro atoms. The normalized spacial score (nSPS) is 22.8. The first kappa shape index (κ1) is 31.2. The predicted molar refractivity (Wildman–Crippen MR) is 181 cm³/mol. The molecule has 4 fully saturated rings. The number of phenols is 1. The fourth-order valence-corrected chi connectivity index (χ4v) is 9.01. The third-order valence-electron chi connectivity index (χ3n) is 11.1. The molecule has 4 aliphatic rings. The second kappa shape index (κ2) is 11.5. The van der Waals surface area contributed by atoms with Crippen LogP contribution in [0.5, 0.6) is 11.8 Å². The van der Waals surface area contributed by atoms with E-state index < -0.39 is 27.0 Å². The van der Waals surface area contributed by atoms with Crippen molar-refractivity contribution in [1.82, 2.24) is 19.8 Å². The van der Waals surface area contributed by atoms with Crippen LogP contribution in [0, 0.1) is 5.82 Å². The number of carbonyl (C=O) groups excluding carboxylic acids is 1. The van der Waals surface area contributed by atoms with E-state index in [9.17, 15) is 18.3 Å². The van der Waals surface area contributed by atoms with Gasteiger partial charge in [0.15, 0.2) is 11.1 Å². The van der Waals surface area contributed by atoms with E-state index in [1.165, 1.54) is 6.92 Å². The maximum atomic E-state index is 16.9. The van der Waals surface area contributed by atoms with Gasteiger partial charge >= 0.3 is 6.01 Å². The van der Waals surface area contributed by atoms with Crippen molar-refractivity contribution in [2.45, 2.75) is 68.3 Å². The summed E-state index contributed by atoms with van der Waals surface area (Å²) in [6.45, 7) is 4.61. The number of aromatic nitrogens is 2. The van der Waals surface area contributed by atoms with Crippen molar-refractivity contribution in [3.63, 3.8) is 0 Å². The fraction of sp³-hybridized carbons (Fsp3) is 0.457. The van der Waals surface area contributed by atoms with Crippen LogP contribution in [0.2, 0.25) is 0 Å². The summed E-state index contributed by atoms with van der Waals surface area (Å²) >= 11 is 0. The molecular formula is C35H39FN6O5S. The van der Waals surface area contributed by atoms with Crippen LogP contribution in [0.15, 0.2) is 48.5 Å². The van der Waals surface area contributed by atoms with Crippen molar-refractivity contribution in [2.75, 3.05) is 37.7 Å². The number of hydrogen-bond acceptors (Lipinski definition) is 9. The molecule has 0 radical (unpaired) electrons. The van der Waals surface area contributed by atoms with E-state index >= 15 is 4.39 Å². The van der Waals surface area contributed by atoms with Crippen molar-refractivity contribution in [1.29, 1.82) is 0 Å². The molecule has 2 bridgehead atoms. The zero-order chi connectivity index (χ0) is 33.4. The third-order valence-corrected chi connectivity index (χ3v) is 12.2. The number of primary sulfonamides is 1. The molecule has 0 saturated carbocycles. The van der Waals surface area contributed by atoms with Crippen LogP contribution in [-0.4, -0.2) is 94.9 Å². The summed E-state index contributed by atoms with van der Waals surface area (Å²) in [5.74, 6) is -0.492. The third kappa shape index (κ3) is 5.14. The number of ether oxygens (including phenoxy) is 1. The van der Waals surface area contributed by atoms with Gasteiger partial charge in [-0.2, -0.15) is 9.97 Å². The van der Waals surface area contributed by atoms with Crippen molar-refractivity contribution in [2.24, 2.45) is 5.14 Å². The first-order chi connectivity index (χ1) is 23.0. The van der Waals surface area contributed by atoms with Crippen LogP contribution in [0.25, 0.3) is 32.8 Å². The van der Waals surface area contributed by atoms with E-state index in [0.29, 0.717) is 54.9 Å². The van der Waals surface area contributed by atoms with E-state index in [-0.39, 0.29) is 34.9 Å².